The van der Waals surface area contributed by atoms with Crippen LogP contribution in [0.1, 0.15) is 38.7 Å². The summed E-state index contributed by atoms with van der Waals surface area (Å²) in [7, 11) is 0. The van der Waals surface area contributed by atoms with Crippen LogP contribution in [0.3, 0.4) is 0 Å². The SMILES string of the molecule is Cc1ccc(NC(=O)C2CCCN(c3nc4ccccc4n3CCC(C)C)C2)cc1. The number of aromatic nitrogens is 2. The van der Waals surface area contributed by atoms with Crippen molar-refractivity contribution in [1.82, 2.24) is 9.55 Å². The van der Waals surface area contributed by atoms with Crippen molar-refractivity contribution in [3.63, 3.8) is 0 Å². The van der Waals surface area contributed by atoms with E-state index in [2.05, 4.69) is 53.8 Å². The molecule has 1 atom stereocenters. The number of piperidine rings is 1. The minimum absolute atomic E-state index is 0.0292. The average molecular weight is 405 g/mol. The number of nitrogens with zero attached hydrogens (tertiary/aromatic N) is 3. The lowest BCUT2D eigenvalue weighted by atomic mass is 9.97. The topological polar surface area (TPSA) is 50.2 Å². The largest absolute Gasteiger partial charge is 0.341 e. The second-order valence-electron chi connectivity index (χ2n) is 8.88. The van der Waals surface area contributed by atoms with E-state index in [0.29, 0.717) is 12.5 Å². The number of aryl methyl sites for hydroxylation is 2. The van der Waals surface area contributed by atoms with Gasteiger partial charge in [-0.25, -0.2) is 4.98 Å². The third kappa shape index (κ3) is 4.50. The maximum Gasteiger partial charge on any atom is 0.229 e. The van der Waals surface area contributed by atoms with Crippen LogP contribution in [-0.4, -0.2) is 28.5 Å². The average Bonchev–Trinajstić information content (AvgIpc) is 3.12. The van der Waals surface area contributed by atoms with E-state index >= 15 is 0 Å². The van der Waals surface area contributed by atoms with Gasteiger partial charge >= 0.3 is 0 Å². The summed E-state index contributed by atoms with van der Waals surface area (Å²) in [5.41, 5.74) is 4.27. The van der Waals surface area contributed by atoms with Crippen LogP contribution in [0.2, 0.25) is 0 Å². The van der Waals surface area contributed by atoms with Crippen molar-refractivity contribution in [2.24, 2.45) is 11.8 Å². The van der Waals surface area contributed by atoms with Gasteiger partial charge in [-0.1, -0.05) is 43.7 Å². The molecule has 3 aromatic rings. The molecule has 0 bridgehead atoms. The van der Waals surface area contributed by atoms with Crippen molar-refractivity contribution >= 4 is 28.6 Å². The smallest absolute Gasteiger partial charge is 0.229 e. The van der Waals surface area contributed by atoms with Crippen LogP contribution in [0.4, 0.5) is 11.6 Å². The Morgan fingerprint density at radius 3 is 2.70 bits per heavy atom. The first-order valence-electron chi connectivity index (χ1n) is 11.1. The zero-order chi connectivity index (χ0) is 21.1. The van der Waals surface area contributed by atoms with E-state index in [9.17, 15) is 4.79 Å². The molecule has 30 heavy (non-hydrogen) atoms. The highest BCUT2D eigenvalue weighted by atomic mass is 16.1. The first kappa shape index (κ1) is 20.5. The highest BCUT2D eigenvalue weighted by molar-refractivity contribution is 5.93. The summed E-state index contributed by atoms with van der Waals surface area (Å²) in [5.74, 6) is 1.71. The van der Waals surface area contributed by atoms with E-state index in [1.54, 1.807) is 0 Å². The van der Waals surface area contributed by atoms with Crippen LogP contribution >= 0.6 is 0 Å². The fraction of sp³-hybridized carbons (Fsp3) is 0.440. The molecule has 0 radical (unpaired) electrons. The van der Waals surface area contributed by atoms with Crippen LogP contribution in [0.25, 0.3) is 11.0 Å². The zero-order valence-electron chi connectivity index (χ0n) is 18.3. The fourth-order valence-corrected chi connectivity index (χ4v) is 4.17. The van der Waals surface area contributed by atoms with Crippen LogP contribution in [0.15, 0.2) is 48.5 Å². The number of imidazole rings is 1. The van der Waals surface area contributed by atoms with Crippen LogP contribution in [-0.2, 0) is 11.3 Å². The Kier molecular flexibility index (Phi) is 6.07. The lowest BCUT2D eigenvalue weighted by Crippen LogP contribution is -2.42. The van der Waals surface area contributed by atoms with Crippen molar-refractivity contribution in [3.8, 4) is 0 Å². The molecule has 1 N–H and O–H groups in total. The van der Waals surface area contributed by atoms with Crippen molar-refractivity contribution in [2.75, 3.05) is 23.3 Å². The summed E-state index contributed by atoms with van der Waals surface area (Å²) in [5, 5.41) is 3.10. The van der Waals surface area contributed by atoms with Gasteiger partial charge in [-0.05, 0) is 56.4 Å². The Morgan fingerprint density at radius 1 is 1.17 bits per heavy atom. The monoisotopic (exact) mass is 404 g/mol. The predicted molar refractivity (Wildman–Crippen MR) is 124 cm³/mol. The van der Waals surface area contributed by atoms with Crippen LogP contribution in [0, 0.1) is 18.8 Å². The van der Waals surface area contributed by atoms with Crippen molar-refractivity contribution in [2.45, 2.75) is 46.6 Å². The van der Waals surface area contributed by atoms with Gasteiger partial charge in [0.25, 0.3) is 0 Å². The number of benzene rings is 2. The molecule has 1 aliphatic rings. The van der Waals surface area contributed by atoms with Crippen molar-refractivity contribution < 1.29 is 4.79 Å². The van der Waals surface area contributed by atoms with Crippen LogP contribution < -0.4 is 10.2 Å². The minimum atomic E-state index is -0.0292. The normalized spacial score (nSPS) is 16.9. The highest BCUT2D eigenvalue weighted by Gasteiger charge is 2.28. The van der Waals surface area contributed by atoms with Gasteiger partial charge in [-0.2, -0.15) is 0 Å². The Balaban J connectivity index is 1.53. The number of para-hydroxylation sites is 2. The van der Waals surface area contributed by atoms with E-state index in [-0.39, 0.29) is 11.8 Å². The lowest BCUT2D eigenvalue weighted by Gasteiger charge is -2.33. The molecule has 1 fully saturated rings. The van der Waals surface area contributed by atoms with Gasteiger partial charge in [0.15, 0.2) is 0 Å². The Bertz CT molecular complexity index is 1010. The van der Waals surface area contributed by atoms with Crippen molar-refractivity contribution in [3.05, 3.63) is 54.1 Å². The molecule has 158 valence electrons. The molecule has 1 amide bonds. The summed E-state index contributed by atoms with van der Waals surface area (Å²) in [4.78, 5) is 20.2. The number of nitrogens with one attached hydrogen (secondary N) is 1. The number of carbonyl (C=O) groups is 1. The number of hydrogen-bond acceptors (Lipinski definition) is 3. The summed E-state index contributed by atoms with van der Waals surface area (Å²) in [6.45, 7) is 9.17. The zero-order valence-corrected chi connectivity index (χ0v) is 18.3. The van der Waals surface area contributed by atoms with Gasteiger partial charge in [0.05, 0.1) is 17.0 Å². The fourth-order valence-electron chi connectivity index (χ4n) is 4.17. The lowest BCUT2D eigenvalue weighted by molar-refractivity contribution is -0.120. The third-order valence-corrected chi connectivity index (χ3v) is 5.96. The van der Waals surface area contributed by atoms with E-state index < -0.39 is 0 Å². The number of rotatable bonds is 6. The first-order chi connectivity index (χ1) is 14.5. The number of anilines is 2. The Labute approximate surface area is 179 Å². The summed E-state index contributed by atoms with van der Waals surface area (Å²) in [6.07, 6.45) is 3.03. The van der Waals surface area contributed by atoms with E-state index in [1.165, 1.54) is 11.1 Å². The minimum Gasteiger partial charge on any atom is -0.341 e. The van der Waals surface area contributed by atoms with Gasteiger partial charge < -0.3 is 14.8 Å². The van der Waals surface area contributed by atoms with E-state index in [4.69, 9.17) is 4.98 Å². The molecular weight excluding hydrogens is 372 g/mol. The molecule has 0 saturated carbocycles. The molecule has 1 saturated heterocycles. The second kappa shape index (κ2) is 8.90. The van der Waals surface area contributed by atoms with Gasteiger partial charge in [0.2, 0.25) is 11.9 Å². The Hall–Kier alpha value is -2.82. The number of hydrogen-bond donors (Lipinski definition) is 1. The predicted octanol–water partition coefficient (Wildman–Crippen LogP) is 5.25. The molecule has 5 nitrogen and oxygen atoms in total. The highest BCUT2D eigenvalue weighted by Crippen LogP contribution is 2.28. The van der Waals surface area contributed by atoms with Gasteiger partial charge in [-0.15, -0.1) is 0 Å². The molecule has 1 aromatic heterocycles. The summed E-state index contributed by atoms with van der Waals surface area (Å²) in [6, 6.07) is 16.3. The molecule has 1 unspecified atom stereocenters. The molecule has 4 rings (SSSR count). The molecule has 1 aliphatic heterocycles. The molecule has 0 aliphatic carbocycles. The van der Waals surface area contributed by atoms with Crippen LogP contribution in [0.5, 0.6) is 0 Å². The van der Waals surface area contributed by atoms with Gasteiger partial charge in [0, 0.05) is 25.3 Å². The molecular formula is C25H32N4O. The number of carbonyl (C=O) groups excluding carboxylic acids is 1. The standard InChI is InChI=1S/C25H32N4O/c1-18(2)14-16-29-23-9-5-4-8-22(23)27-25(29)28-15-6-7-20(17-28)24(30)26-21-12-10-19(3)11-13-21/h4-5,8-13,18,20H,6-7,14-17H2,1-3H3,(H,26,30). The molecule has 0 spiro atoms. The molecule has 5 heteroatoms. The van der Waals surface area contributed by atoms with Crippen molar-refractivity contribution in [1.29, 1.82) is 0 Å². The second-order valence-corrected chi connectivity index (χ2v) is 8.88. The summed E-state index contributed by atoms with van der Waals surface area (Å²) < 4.78 is 2.34. The maximum absolute atomic E-state index is 12.9. The molecule has 2 heterocycles. The summed E-state index contributed by atoms with van der Waals surface area (Å²) >= 11 is 0. The number of fused-ring (bicyclic) bond motifs is 1. The number of amides is 1. The van der Waals surface area contributed by atoms with Gasteiger partial charge in [-0.3, -0.25) is 4.79 Å². The van der Waals surface area contributed by atoms with E-state index in [1.807, 2.05) is 30.3 Å². The third-order valence-electron chi connectivity index (χ3n) is 5.96. The quantitative estimate of drug-likeness (QED) is 0.611. The maximum atomic E-state index is 12.9. The Morgan fingerprint density at radius 2 is 1.93 bits per heavy atom. The first-order valence-corrected chi connectivity index (χ1v) is 11.1. The van der Waals surface area contributed by atoms with E-state index in [0.717, 1.165) is 49.5 Å². The molecule has 2 aromatic carbocycles. The van der Waals surface area contributed by atoms with Gasteiger partial charge in [0.1, 0.15) is 0 Å².